The van der Waals surface area contributed by atoms with Gasteiger partial charge in [-0.1, -0.05) is 13.8 Å². The number of nitrogens with zero attached hydrogens (tertiary/aromatic N) is 2. The van der Waals surface area contributed by atoms with Gasteiger partial charge in [-0.2, -0.15) is 0 Å². The first-order valence-corrected chi connectivity index (χ1v) is 8.37. The summed E-state index contributed by atoms with van der Waals surface area (Å²) in [6.07, 6.45) is 3.16. The summed E-state index contributed by atoms with van der Waals surface area (Å²) in [5.41, 5.74) is 0.487. The number of rotatable bonds is 5. The number of hydrogen-bond acceptors (Lipinski definition) is 4. The largest absolute Gasteiger partial charge is 0.598 e. The van der Waals surface area contributed by atoms with Gasteiger partial charge in [0.2, 0.25) is 0 Å². The Morgan fingerprint density at radius 1 is 1.26 bits per heavy atom. The van der Waals surface area contributed by atoms with E-state index in [1.54, 1.807) is 0 Å². The molecule has 6 heteroatoms. The Morgan fingerprint density at radius 2 is 1.84 bits per heavy atom. The highest BCUT2D eigenvalue weighted by molar-refractivity contribution is 9.10. The van der Waals surface area contributed by atoms with Crippen molar-refractivity contribution in [2.75, 3.05) is 0 Å². The number of aromatic nitrogens is 2. The number of halogens is 1. The van der Waals surface area contributed by atoms with Crippen molar-refractivity contribution < 1.29 is 4.55 Å². The molecule has 0 saturated heterocycles. The van der Waals surface area contributed by atoms with Crippen molar-refractivity contribution in [2.45, 2.75) is 57.7 Å². The summed E-state index contributed by atoms with van der Waals surface area (Å²) in [5, 5.41) is 0. The molecule has 0 aliphatic carbocycles. The van der Waals surface area contributed by atoms with Gasteiger partial charge in [-0.05, 0) is 55.6 Å². The zero-order valence-corrected chi connectivity index (χ0v) is 14.6. The molecule has 0 aromatic carbocycles. The van der Waals surface area contributed by atoms with Gasteiger partial charge >= 0.3 is 0 Å². The minimum absolute atomic E-state index is 0.306. The molecule has 1 unspecified atom stereocenters. The van der Waals surface area contributed by atoms with E-state index in [9.17, 15) is 4.55 Å². The lowest BCUT2D eigenvalue weighted by Crippen LogP contribution is -2.51. The van der Waals surface area contributed by atoms with Crippen LogP contribution >= 0.6 is 15.9 Å². The Bertz CT molecular complexity index is 419. The molecule has 108 valence electrons. The molecule has 1 heterocycles. The minimum Gasteiger partial charge on any atom is -0.598 e. The van der Waals surface area contributed by atoms with E-state index in [1.165, 1.54) is 6.33 Å². The molecule has 1 atom stereocenters. The molecule has 0 radical (unpaired) electrons. The van der Waals surface area contributed by atoms with Crippen molar-refractivity contribution in [3.05, 3.63) is 22.7 Å². The normalized spacial score (nSPS) is 14.5. The van der Waals surface area contributed by atoms with Gasteiger partial charge in [-0.15, -0.1) is 4.72 Å². The molecule has 0 fully saturated rings. The molecule has 0 aliphatic rings. The van der Waals surface area contributed by atoms with Crippen LogP contribution in [0.25, 0.3) is 0 Å². The monoisotopic (exact) mass is 347 g/mol. The average Bonchev–Trinajstić information content (AvgIpc) is 2.34. The first-order chi connectivity index (χ1) is 8.75. The van der Waals surface area contributed by atoms with Gasteiger partial charge in [0.25, 0.3) is 0 Å². The summed E-state index contributed by atoms with van der Waals surface area (Å²) in [5.74, 6) is 0. The van der Waals surface area contributed by atoms with E-state index in [0.717, 1.165) is 23.1 Å². The Kier molecular flexibility index (Phi) is 5.79. The van der Waals surface area contributed by atoms with E-state index in [2.05, 4.69) is 44.5 Å². The highest BCUT2D eigenvalue weighted by Crippen LogP contribution is 2.31. The van der Waals surface area contributed by atoms with Crippen molar-refractivity contribution in [1.29, 1.82) is 0 Å². The van der Waals surface area contributed by atoms with Crippen LogP contribution in [0.1, 0.15) is 53.2 Å². The van der Waals surface area contributed by atoms with Crippen LogP contribution in [-0.2, 0) is 16.9 Å². The van der Waals surface area contributed by atoms with Crippen LogP contribution < -0.4 is 4.72 Å². The number of hydrogen-bond donors (Lipinski definition) is 1. The second kappa shape index (κ2) is 6.52. The predicted octanol–water partition coefficient (Wildman–Crippen LogP) is 3.31. The van der Waals surface area contributed by atoms with Crippen molar-refractivity contribution in [2.24, 2.45) is 0 Å². The molecular weight excluding hydrogens is 326 g/mol. The zero-order chi connectivity index (χ0) is 14.7. The number of nitrogens with one attached hydrogen (secondary N) is 1. The summed E-state index contributed by atoms with van der Waals surface area (Å²) in [4.78, 5) is 8.40. The molecule has 0 bridgehead atoms. The summed E-state index contributed by atoms with van der Waals surface area (Å²) in [6.45, 7) is 10.0. The smallest absolute Gasteiger partial charge is 0.136 e. The van der Waals surface area contributed by atoms with Gasteiger partial charge in [0.1, 0.15) is 21.2 Å². The van der Waals surface area contributed by atoms with Gasteiger partial charge in [-0.3, -0.25) is 0 Å². The van der Waals surface area contributed by atoms with E-state index >= 15 is 0 Å². The fraction of sp³-hybridized carbons (Fsp3) is 0.692. The SMILES string of the molecule is CCC(CC)(N[S+]([O-])C(C)(C)C)c1cc(Br)ncn1. The van der Waals surface area contributed by atoms with Crippen LogP contribution in [0.5, 0.6) is 0 Å². The van der Waals surface area contributed by atoms with Crippen LogP contribution in [0.15, 0.2) is 17.0 Å². The second-order valence-electron chi connectivity index (χ2n) is 5.50. The van der Waals surface area contributed by atoms with Gasteiger partial charge < -0.3 is 4.55 Å². The fourth-order valence-corrected chi connectivity index (χ4v) is 3.10. The van der Waals surface area contributed by atoms with Crippen LogP contribution in [0.2, 0.25) is 0 Å². The summed E-state index contributed by atoms with van der Waals surface area (Å²) in [7, 11) is 0. The zero-order valence-electron chi connectivity index (χ0n) is 12.2. The maximum absolute atomic E-state index is 12.4. The maximum Gasteiger partial charge on any atom is 0.136 e. The van der Waals surface area contributed by atoms with Gasteiger partial charge in [-0.25, -0.2) is 9.97 Å². The van der Waals surface area contributed by atoms with E-state index < -0.39 is 11.4 Å². The Labute approximate surface area is 127 Å². The first kappa shape index (κ1) is 16.9. The van der Waals surface area contributed by atoms with Gasteiger partial charge in [0.05, 0.1) is 5.69 Å². The van der Waals surface area contributed by atoms with E-state index in [4.69, 9.17) is 0 Å². The summed E-state index contributed by atoms with van der Waals surface area (Å²) < 4.78 is 16.1. The van der Waals surface area contributed by atoms with Crippen molar-refractivity contribution >= 4 is 27.3 Å². The van der Waals surface area contributed by atoms with Crippen LogP contribution in [-0.4, -0.2) is 19.3 Å². The van der Waals surface area contributed by atoms with Crippen LogP contribution in [0, 0.1) is 0 Å². The Hall–Kier alpha value is -0.170. The predicted molar refractivity (Wildman–Crippen MR) is 83.0 cm³/mol. The lowest BCUT2D eigenvalue weighted by Gasteiger charge is -2.35. The molecule has 0 amide bonds. The third-order valence-corrected chi connectivity index (χ3v) is 5.30. The van der Waals surface area contributed by atoms with Gasteiger partial charge in [0, 0.05) is 11.4 Å². The highest BCUT2D eigenvalue weighted by Gasteiger charge is 2.39. The van der Waals surface area contributed by atoms with Crippen molar-refractivity contribution in [3.8, 4) is 0 Å². The second-order valence-corrected chi connectivity index (χ2v) is 8.28. The molecule has 0 aliphatic heterocycles. The van der Waals surface area contributed by atoms with Crippen molar-refractivity contribution in [3.63, 3.8) is 0 Å². The molecule has 1 aromatic rings. The van der Waals surface area contributed by atoms with Crippen LogP contribution in [0.4, 0.5) is 0 Å². The van der Waals surface area contributed by atoms with Gasteiger partial charge in [0.15, 0.2) is 0 Å². The molecule has 0 saturated carbocycles. The topological polar surface area (TPSA) is 60.9 Å². The highest BCUT2D eigenvalue weighted by atomic mass is 79.9. The fourth-order valence-electron chi connectivity index (χ4n) is 1.73. The molecule has 1 aromatic heterocycles. The molecule has 1 rings (SSSR count). The van der Waals surface area contributed by atoms with E-state index in [0.29, 0.717) is 0 Å². The summed E-state index contributed by atoms with van der Waals surface area (Å²) in [6, 6.07) is 1.89. The molecular formula is C13H22BrN3OS. The van der Waals surface area contributed by atoms with E-state index in [-0.39, 0.29) is 10.3 Å². The Morgan fingerprint density at radius 3 is 2.26 bits per heavy atom. The standard InChI is InChI=1S/C13H22BrN3OS/c1-6-13(7-2,17-19(18)12(3,4)5)10-8-11(14)16-9-15-10/h8-9,17H,6-7H2,1-5H3. The lowest BCUT2D eigenvalue weighted by atomic mass is 9.90. The average molecular weight is 348 g/mol. The minimum atomic E-state index is -1.14. The lowest BCUT2D eigenvalue weighted by molar-refractivity contribution is 0.349. The maximum atomic E-state index is 12.4. The first-order valence-electron chi connectivity index (χ1n) is 6.43. The third kappa shape index (κ3) is 4.15. The molecule has 1 N–H and O–H groups in total. The third-order valence-electron chi connectivity index (χ3n) is 3.18. The van der Waals surface area contributed by atoms with Crippen LogP contribution in [0.3, 0.4) is 0 Å². The van der Waals surface area contributed by atoms with E-state index in [1.807, 2.05) is 26.8 Å². The van der Waals surface area contributed by atoms with Crippen molar-refractivity contribution in [1.82, 2.24) is 14.7 Å². The molecule has 4 nitrogen and oxygen atoms in total. The quantitative estimate of drug-likeness (QED) is 0.655. The molecule has 0 spiro atoms. The molecule has 19 heavy (non-hydrogen) atoms. The summed E-state index contributed by atoms with van der Waals surface area (Å²) >= 11 is 2.22. The Balaban J connectivity index is 3.10.